The van der Waals surface area contributed by atoms with Gasteiger partial charge in [-0.25, -0.2) is 0 Å². The number of ether oxygens (including phenoxy) is 1. The van der Waals surface area contributed by atoms with Gasteiger partial charge in [-0.2, -0.15) is 0 Å². The van der Waals surface area contributed by atoms with Crippen LogP contribution >= 0.6 is 0 Å². The SMILES string of the molecule is C=C(CN1Cc2c(ccc3ccc(-c4cc(OC)cc(C(=O)NC)c4)cc23)C1=O)C(N)=O. The molecular weight excluding hydrogens is 406 g/mol. The molecule has 3 aromatic rings. The predicted molar refractivity (Wildman–Crippen MR) is 122 cm³/mol. The number of primary amides is 1. The highest BCUT2D eigenvalue weighted by Gasteiger charge is 2.29. The quantitative estimate of drug-likeness (QED) is 0.588. The molecule has 7 heteroatoms. The van der Waals surface area contributed by atoms with Gasteiger partial charge in [0.25, 0.3) is 11.8 Å². The molecule has 0 aromatic heterocycles. The number of hydrogen-bond donors (Lipinski definition) is 2. The van der Waals surface area contributed by atoms with Crippen LogP contribution < -0.4 is 15.8 Å². The van der Waals surface area contributed by atoms with Crippen LogP contribution in [0, 0.1) is 0 Å². The second-order valence-electron chi connectivity index (χ2n) is 7.69. The van der Waals surface area contributed by atoms with E-state index in [4.69, 9.17) is 10.5 Å². The maximum Gasteiger partial charge on any atom is 0.254 e. The number of nitrogens with one attached hydrogen (secondary N) is 1. The summed E-state index contributed by atoms with van der Waals surface area (Å²) in [6, 6.07) is 15.0. The fourth-order valence-corrected chi connectivity index (χ4v) is 3.96. The molecule has 1 aliphatic rings. The Morgan fingerprint density at radius 1 is 1.12 bits per heavy atom. The van der Waals surface area contributed by atoms with Crippen LogP contribution in [0.2, 0.25) is 0 Å². The Morgan fingerprint density at radius 2 is 1.88 bits per heavy atom. The summed E-state index contributed by atoms with van der Waals surface area (Å²) in [6.45, 7) is 4.12. The molecule has 3 aromatic carbocycles. The smallest absolute Gasteiger partial charge is 0.254 e. The minimum Gasteiger partial charge on any atom is -0.497 e. The molecular formula is C25H23N3O4. The summed E-state index contributed by atoms with van der Waals surface area (Å²) in [5.74, 6) is -0.405. The van der Waals surface area contributed by atoms with E-state index in [0.29, 0.717) is 23.4 Å². The van der Waals surface area contributed by atoms with Gasteiger partial charge >= 0.3 is 0 Å². The fourth-order valence-electron chi connectivity index (χ4n) is 3.96. The predicted octanol–water partition coefficient (Wildman–Crippen LogP) is 2.87. The molecule has 0 bridgehead atoms. The van der Waals surface area contributed by atoms with Crippen molar-refractivity contribution in [3.63, 3.8) is 0 Å². The highest BCUT2D eigenvalue weighted by molar-refractivity contribution is 6.06. The zero-order chi connectivity index (χ0) is 23.0. The third-order valence-corrected chi connectivity index (χ3v) is 5.69. The van der Waals surface area contributed by atoms with E-state index in [2.05, 4.69) is 11.9 Å². The first kappa shape index (κ1) is 21.1. The van der Waals surface area contributed by atoms with Crippen molar-refractivity contribution < 1.29 is 19.1 Å². The number of methoxy groups -OCH3 is 1. The number of carbonyl (C=O) groups is 3. The van der Waals surface area contributed by atoms with Gasteiger partial charge in [-0.1, -0.05) is 24.8 Å². The largest absolute Gasteiger partial charge is 0.497 e. The number of hydrogen-bond acceptors (Lipinski definition) is 4. The van der Waals surface area contributed by atoms with E-state index >= 15 is 0 Å². The van der Waals surface area contributed by atoms with Crippen molar-refractivity contribution in [2.75, 3.05) is 20.7 Å². The average Bonchev–Trinajstić information content (AvgIpc) is 3.13. The Hall–Kier alpha value is -4.13. The Bertz CT molecular complexity index is 1300. The van der Waals surface area contributed by atoms with Crippen molar-refractivity contribution in [1.29, 1.82) is 0 Å². The monoisotopic (exact) mass is 429 g/mol. The van der Waals surface area contributed by atoms with Crippen LogP contribution in [0.4, 0.5) is 0 Å². The van der Waals surface area contributed by atoms with Crippen molar-refractivity contribution in [2.45, 2.75) is 6.54 Å². The molecule has 3 amide bonds. The van der Waals surface area contributed by atoms with Crippen molar-refractivity contribution in [1.82, 2.24) is 10.2 Å². The fraction of sp³-hybridized carbons (Fsp3) is 0.160. The van der Waals surface area contributed by atoms with Gasteiger partial charge in [-0.15, -0.1) is 0 Å². The summed E-state index contributed by atoms with van der Waals surface area (Å²) in [7, 11) is 3.14. The molecule has 32 heavy (non-hydrogen) atoms. The van der Waals surface area contributed by atoms with Gasteiger partial charge in [0.15, 0.2) is 0 Å². The Labute approximate surface area is 185 Å². The minimum atomic E-state index is -0.620. The second-order valence-corrected chi connectivity index (χ2v) is 7.69. The lowest BCUT2D eigenvalue weighted by molar-refractivity contribution is -0.114. The van der Waals surface area contributed by atoms with Crippen LogP contribution in [0.15, 0.2) is 60.7 Å². The normalized spacial score (nSPS) is 12.6. The van der Waals surface area contributed by atoms with Gasteiger partial charge in [0.1, 0.15) is 5.75 Å². The van der Waals surface area contributed by atoms with E-state index < -0.39 is 5.91 Å². The third kappa shape index (κ3) is 3.69. The first-order valence-corrected chi connectivity index (χ1v) is 10.1. The van der Waals surface area contributed by atoms with E-state index in [-0.39, 0.29) is 23.9 Å². The second kappa shape index (κ2) is 8.19. The zero-order valence-electron chi connectivity index (χ0n) is 17.9. The van der Waals surface area contributed by atoms with Crippen LogP contribution in [0.1, 0.15) is 26.3 Å². The maximum atomic E-state index is 12.9. The van der Waals surface area contributed by atoms with Gasteiger partial charge in [0, 0.05) is 30.3 Å². The number of rotatable bonds is 6. The van der Waals surface area contributed by atoms with E-state index in [1.54, 1.807) is 31.2 Å². The summed E-state index contributed by atoms with van der Waals surface area (Å²) in [5, 5.41) is 4.56. The highest BCUT2D eigenvalue weighted by atomic mass is 16.5. The molecule has 0 aliphatic carbocycles. The average molecular weight is 429 g/mol. The van der Waals surface area contributed by atoms with E-state index in [1.807, 2.05) is 36.4 Å². The lowest BCUT2D eigenvalue weighted by Crippen LogP contribution is -2.30. The number of carbonyl (C=O) groups excluding carboxylic acids is 3. The zero-order valence-corrected chi connectivity index (χ0v) is 17.9. The van der Waals surface area contributed by atoms with Gasteiger partial charge in [0.2, 0.25) is 5.91 Å². The molecule has 1 heterocycles. The Balaban J connectivity index is 1.79. The van der Waals surface area contributed by atoms with Crippen LogP contribution in [0.3, 0.4) is 0 Å². The van der Waals surface area contributed by atoms with Gasteiger partial charge in [-0.3, -0.25) is 14.4 Å². The Kier molecular flexibility index (Phi) is 5.40. The number of amides is 3. The van der Waals surface area contributed by atoms with Gasteiger partial charge in [-0.05, 0) is 57.8 Å². The molecule has 0 saturated heterocycles. The number of nitrogens with two attached hydrogens (primary N) is 1. The standard InChI is InChI=1S/C25H23N3O4/c1-14(23(26)29)12-28-13-22-20(25(28)31)7-6-15-4-5-16(11-21(15)22)17-8-18(24(30)27-2)10-19(9-17)32-3/h4-11H,1,12-13H2,2-3H3,(H2,26,29)(H,27,30). The molecule has 0 spiro atoms. The first-order valence-electron chi connectivity index (χ1n) is 10.1. The molecule has 0 radical (unpaired) electrons. The molecule has 7 nitrogen and oxygen atoms in total. The maximum absolute atomic E-state index is 12.9. The van der Waals surface area contributed by atoms with E-state index in [9.17, 15) is 14.4 Å². The lowest BCUT2D eigenvalue weighted by Gasteiger charge is -2.15. The summed E-state index contributed by atoms with van der Waals surface area (Å²) in [6.07, 6.45) is 0. The summed E-state index contributed by atoms with van der Waals surface area (Å²) in [4.78, 5) is 38.0. The summed E-state index contributed by atoms with van der Waals surface area (Å²) < 4.78 is 5.38. The van der Waals surface area contributed by atoms with E-state index in [0.717, 1.165) is 27.5 Å². The van der Waals surface area contributed by atoms with Crippen molar-refractivity contribution in [2.24, 2.45) is 5.73 Å². The molecule has 162 valence electrons. The topological polar surface area (TPSA) is 102 Å². The minimum absolute atomic E-state index is 0.0927. The molecule has 0 unspecified atom stereocenters. The number of nitrogens with zero attached hydrogens (tertiary/aromatic N) is 1. The van der Waals surface area contributed by atoms with E-state index in [1.165, 1.54) is 0 Å². The molecule has 0 fully saturated rings. The van der Waals surface area contributed by atoms with Crippen molar-refractivity contribution in [3.8, 4) is 16.9 Å². The Morgan fingerprint density at radius 3 is 2.56 bits per heavy atom. The molecule has 1 aliphatic heterocycles. The van der Waals surface area contributed by atoms with Crippen LogP contribution in [-0.2, 0) is 11.3 Å². The molecule has 3 N–H and O–H groups in total. The third-order valence-electron chi connectivity index (χ3n) is 5.69. The molecule has 0 atom stereocenters. The molecule has 4 rings (SSSR count). The summed E-state index contributed by atoms with van der Waals surface area (Å²) >= 11 is 0. The van der Waals surface area contributed by atoms with Gasteiger partial charge < -0.3 is 20.7 Å². The van der Waals surface area contributed by atoms with Crippen LogP contribution in [-0.4, -0.2) is 43.3 Å². The van der Waals surface area contributed by atoms with Crippen molar-refractivity contribution >= 4 is 28.5 Å². The first-order chi connectivity index (χ1) is 15.3. The molecule has 0 saturated carbocycles. The lowest BCUT2D eigenvalue weighted by atomic mass is 9.95. The highest BCUT2D eigenvalue weighted by Crippen LogP contribution is 2.34. The summed E-state index contributed by atoms with van der Waals surface area (Å²) in [5.41, 5.74) is 9.18. The van der Waals surface area contributed by atoms with Crippen LogP contribution in [0.25, 0.3) is 21.9 Å². The van der Waals surface area contributed by atoms with Gasteiger partial charge in [0.05, 0.1) is 13.7 Å². The number of benzene rings is 3. The van der Waals surface area contributed by atoms with Crippen molar-refractivity contribution in [3.05, 3.63) is 77.4 Å². The number of fused-ring (bicyclic) bond motifs is 3. The van der Waals surface area contributed by atoms with Crippen LogP contribution in [0.5, 0.6) is 5.75 Å².